The van der Waals surface area contributed by atoms with Crippen LogP contribution in [0.1, 0.15) is 19.4 Å². The number of hydrogen-bond donors (Lipinski definition) is 3. The number of benzene rings is 1. The summed E-state index contributed by atoms with van der Waals surface area (Å²) in [6.07, 6.45) is 1.35. The van der Waals surface area contributed by atoms with Gasteiger partial charge in [0.2, 0.25) is 5.91 Å². The Balaban J connectivity index is 1.81. The third-order valence-corrected chi connectivity index (χ3v) is 3.61. The molecule has 23 heavy (non-hydrogen) atoms. The van der Waals surface area contributed by atoms with E-state index < -0.39 is 6.10 Å². The van der Waals surface area contributed by atoms with E-state index in [4.69, 9.17) is 16.3 Å². The van der Waals surface area contributed by atoms with Crippen LogP contribution >= 0.6 is 11.6 Å². The zero-order valence-corrected chi connectivity index (χ0v) is 14.2. The number of aliphatic hydroxyl groups is 1. The van der Waals surface area contributed by atoms with Gasteiger partial charge in [0.15, 0.2) is 0 Å². The summed E-state index contributed by atoms with van der Waals surface area (Å²) < 4.78 is 5.34. The fourth-order valence-electron chi connectivity index (χ4n) is 2.26. The van der Waals surface area contributed by atoms with Crippen LogP contribution in [0, 0.1) is 5.92 Å². The maximum Gasteiger partial charge on any atom is 0.224 e. The minimum absolute atomic E-state index is 0.145. The standard InChI is InChI=1S/C17H23ClN2O3/c1-11(2)9-23-10-14(21)8-20-17(22)5-12-7-19-16-4-3-13(18)6-15(12)16/h3-4,6-7,11,14,19,21H,5,8-10H2,1-2H3,(H,20,22). The highest BCUT2D eigenvalue weighted by Crippen LogP contribution is 2.22. The average molecular weight is 339 g/mol. The molecule has 1 heterocycles. The molecule has 1 aromatic carbocycles. The Hall–Kier alpha value is -1.56. The lowest BCUT2D eigenvalue weighted by atomic mass is 10.1. The number of carbonyl (C=O) groups excluding carboxylic acids is 1. The normalized spacial score (nSPS) is 12.7. The van der Waals surface area contributed by atoms with Gasteiger partial charge in [-0.05, 0) is 29.7 Å². The van der Waals surface area contributed by atoms with Crippen molar-refractivity contribution in [2.75, 3.05) is 19.8 Å². The molecule has 1 unspecified atom stereocenters. The first-order chi connectivity index (χ1) is 11.0. The van der Waals surface area contributed by atoms with Gasteiger partial charge in [0.25, 0.3) is 0 Å². The van der Waals surface area contributed by atoms with E-state index in [-0.39, 0.29) is 25.5 Å². The molecule has 1 amide bonds. The van der Waals surface area contributed by atoms with Crippen LogP contribution in [0.15, 0.2) is 24.4 Å². The van der Waals surface area contributed by atoms with Crippen molar-refractivity contribution in [3.8, 4) is 0 Å². The lowest BCUT2D eigenvalue weighted by molar-refractivity contribution is -0.121. The molecule has 126 valence electrons. The molecule has 2 rings (SSSR count). The summed E-state index contributed by atoms with van der Waals surface area (Å²) in [6.45, 7) is 5.09. The molecule has 1 aromatic heterocycles. The molecule has 0 saturated heterocycles. The van der Waals surface area contributed by atoms with E-state index in [1.165, 1.54) is 0 Å². The maximum atomic E-state index is 12.0. The second kappa shape index (κ2) is 8.34. The number of aliphatic hydroxyl groups excluding tert-OH is 1. The van der Waals surface area contributed by atoms with Gasteiger partial charge in [0.1, 0.15) is 0 Å². The molecule has 0 spiro atoms. The fraction of sp³-hybridized carbons (Fsp3) is 0.471. The highest BCUT2D eigenvalue weighted by Gasteiger charge is 2.11. The van der Waals surface area contributed by atoms with Gasteiger partial charge in [-0.2, -0.15) is 0 Å². The quantitative estimate of drug-likeness (QED) is 0.692. The molecule has 0 radical (unpaired) electrons. The third kappa shape index (κ3) is 5.53. The largest absolute Gasteiger partial charge is 0.389 e. The number of carbonyl (C=O) groups is 1. The summed E-state index contributed by atoms with van der Waals surface area (Å²) in [7, 11) is 0. The van der Waals surface area contributed by atoms with Crippen LogP contribution in [0.4, 0.5) is 0 Å². The molecular formula is C17H23ClN2O3. The lowest BCUT2D eigenvalue weighted by Gasteiger charge is -2.13. The highest BCUT2D eigenvalue weighted by atomic mass is 35.5. The second-order valence-electron chi connectivity index (χ2n) is 6.07. The van der Waals surface area contributed by atoms with Crippen LogP contribution in [-0.4, -0.2) is 41.9 Å². The van der Waals surface area contributed by atoms with Crippen LogP contribution in [-0.2, 0) is 16.0 Å². The number of amides is 1. The average Bonchev–Trinajstić information content (AvgIpc) is 2.87. The van der Waals surface area contributed by atoms with Crippen molar-refractivity contribution >= 4 is 28.4 Å². The Morgan fingerprint density at radius 3 is 2.91 bits per heavy atom. The highest BCUT2D eigenvalue weighted by molar-refractivity contribution is 6.31. The third-order valence-electron chi connectivity index (χ3n) is 3.38. The van der Waals surface area contributed by atoms with Crippen molar-refractivity contribution in [1.82, 2.24) is 10.3 Å². The zero-order chi connectivity index (χ0) is 16.8. The van der Waals surface area contributed by atoms with Crippen molar-refractivity contribution in [3.05, 3.63) is 35.0 Å². The van der Waals surface area contributed by atoms with Gasteiger partial charge in [-0.1, -0.05) is 25.4 Å². The molecule has 0 fully saturated rings. The molecule has 0 saturated carbocycles. The number of nitrogens with one attached hydrogen (secondary N) is 2. The van der Waals surface area contributed by atoms with Gasteiger partial charge in [-0.3, -0.25) is 4.79 Å². The van der Waals surface area contributed by atoms with E-state index in [1.807, 2.05) is 32.2 Å². The first kappa shape index (κ1) is 17.8. The van der Waals surface area contributed by atoms with Crippen molar-refractivity contribution in [1.29, 1.82) is 0 Å². The number of H-pyrrole nitrogens is 1. The maximum absolute atomic E-state index is 12.0. The van der Waals surface area contributed by atoms with E-state index in [1.54, 1.807) is 6.07 Å². The van der Waals surface area contributed by atoms with Gasteiger partial charge in [0.05, 0.1) is 19.1 Å². The number of aromatic nitrogens is 1. The summed E-state index contributed by atoms with van der Waals surface area (Å²) in [5.41, 5.74) is 1.82. The van der Waals surface area contributed by atoms with E-state index >= 15 is 0 Å². The fourth-order valence-corrected chi connectivity index (χ4v) is 2.43. The topological polar surface area (TPSA) is 74.3 Å². The summed E-state index contributed by atoms with van der Waals surface area (Å²) in [4.78, 5) is 15.1. The molecule has 0 aliphatic carbocycles. The molecule has 5 nitrogen and oxygen atoms in total. The number of ether oxygens (including phenoxy) is 1. The zero-order valence-electron chi connectivity index (χ0n) is 13.4. The predicted octanol–water partition coefficient (Wildman–Crippen LogP) is 2.51. The van der Waals surface area contributed by atoms with Crippen molar-refractivity contribution in [3.63, 3.8) is 0 Å². The van der Waals surface area contributed by atoms with Crippen molar-refractivity contribution in [2.45, 2.75) is 26.4 Å². The van der Waals surface area contributed by atoms with Gasteiger partial charge in [-0.25, -0.2) is 0 Å². The summed E-state index contributed by atoms with van der Waals surface area (Å²) >= 11 is 6.00. The van der Waals surface area contributed by atoms with Crippen molar-refractivity contribution in [2.24, 2.45) is 5.92 Å². The van der Waals surface area contributed by atoms with E-state index in [0.29, 0.717) is 17.5 Å². The molecule has 2 aromatic rings. The van der Waals surface area contributed by atoms with Crippen LogP contribution in [0.3, 0.4) is 0 Å². The van der Waals surface area contributed by atoms with Gasteiger partial charge >= 0.3 is 0 Å². The summed E-state index contributed by atoms with van der Waals surface area (Å²) in [5, 5.41) is 14.1. The minimum atomic E-state index is -0.699. The lowest BCUT2D eigenvalue weighted by Crippen LogP contribution is -2.35. The Labute approximate surface area is 141 Å². The molecule has 0 aliphatic heterocycles. The van der Waals surface area contributed by atoms with Crippen molar-refractivity contribution < 1.29 is 14.6 Å². The molecule has 6 heteroatoms. The Kier molecular flexibility index (Phi) is 6.45. The number of fused-ring (bicyclic) bond motifs is 1. The number of halogens is 1. The van der Waals surface area contributed by atoms with Gasteiger partial charge < -0.3 is 20.1 Å². The Morgan fingerprint density at radius 1 is 1.39 bits per heavy atom. The van der Waals surface area contributed by atoms with Crippen LogP contribution in [0.5, 0.6) is 0 Å². The Bertz CT molecular complexity index is 654. The van der Waals surface area contributed by atoms with Crippen LogP contribution < -0.4 is 5.32 Å². The first-order valence-electron chi connectivity index (χ1n) is 7.73. The smallest absolute Gasteiger partial charge is 0.224 e. The second-order valence-corrected chi connectivity index (χ2v) is 6.51. The van der Waals surface area contributed by atoms with E-state index in [9.17, 15) is 9.90 Å². The Morgan fingerprint density at radius 2 is 2.17 bits per heavy atom. The number of rotatable bonds is 8. The molecule has 3 N–H and O–H groups in total. The van der Waals surface area contributed by atoms with Gasteiger partial charge in [-0.15, -0.1) is 0 Å². The van der Waals surface area contributed by atoms with Crippen LogP contribution in [0.2, 0.25) is 5.02 Å². The number of aromatic amines is 1. The summed E-state index contributed by atoms with van der Waals surface area (Å²) in [5.74, 6) is 0.277. The summed E-state index contributed by atoms with van der Waals surface area (Å²) in [6, 6.07) is 5.53. The minimum Gasteiger partial charge on any atom is -0.389 e. The molecule has 0 bridgehead atoms. The van der Waals surface area contributed by atoms with E-state index in [2.05, 4.69) is 10.3 Å². The molecule has 0 aliphatic rings. The predicted molar refractivity (Wildman–Crippen MR) is 91.7 cm³/mol. The monoisotopic (exact) mass is 338 g/mol. The SMILES string of the molecule is CC(C)COCC(O)CNC(=O)Cc1c[nH]c2ccc(Cl)cc12. The molecular weight excluding hydrogens is 316 g/mol. The van der Waals surface area contributed by atoms with Crippen LogP contribution in [0.25, 0.3) is 10.9 Å². The van der Waals surface area contributed by atoms with Gasteiger partial charge in [0, 0.05) is 35.3 Å². The van der Waals surface area contributed by atoms with E-state index in [0.717, 1.165) is 16.5 Å². The number of hydrogen-bond acceptors (Lipinski definition) is 3. The molecule has 1 atom stereocenters. The first-order valence-corrected chi connectivity index (χ1v) is 8.11.